The number of imide groups is 1. The van der Waals surface area contributed by atoms with E-state index in [1.165, 1.54) is 4.90 Å². The van der Waals surface area contributed by atoms with Crippen molar-refractivity contribution in [1.82, 2.24) is 15.1 Å². The summed E-state index contributed by atoms with van der Waals surface area (Å²) in [7, 11) is 0. The summed E-state index contributed by atoms with van der Waals surface area (Å²) in [6.45, 7) is 3.01. The monoisotopic (exact) mass is 450 g/mol. The highest BCUT2D eigenvalue weighted by Crippen LogP contribution is 2.34. The average Bonchev–Trinajstić information content (AvgIpc) is 3.20. The Bertz CT molecular complexity index is 1100. The molecule has 0 radical (unpaired) electrons. The molecule has 8 heteroatoms. The van der Waals surface area contributed by atoms with E-state index in [0.717, 1.165) is 29.8 Å². The zero-order valence-corrected chi connectivity index (χ0v) is 18.3. The molecular formula is C25H27N3O5. The molecule has 0 saturated carbocycles. The molecule has 8 nitrogen and oxygen atoms in total. The van der Waals surface area contributed by atoms with Gasteiger partial charge in [0.05, 0.1) is 19.8 Å². The summed E-state index contributed by atoms with van der Waals surface area (Å²) in [5, 5.41) is 2.32. The number of hydrogen-bond donors (Lipinski definition) is 1. The summed E-state index contributed by atoms with van der Waals surface area (Å²) in [5.74, 6) is -0.341. The van der Waals surface area contributed by atoms with Crippen LogP contribution in [0.2, 0.25) is 0 Å². The van der Waals surface area contributed by atoms with Crippen molar-refractivity contribution in [3.05, 3.63) is 64.7 Å². The van der Waals surface area contributed by atoms with Crippen molar-refractivity contribution in [2.24, 2.45) is 0 Å². The quantitative estimate of drug-likeness (QED) is 0.676. The van der Waals surface area contributed by atoms with Gasteiger partial charge in [-0.15, -0.1) is 0 Å². The van der Waals surface area contributed by atoms with Crippen molar-refractivity contribution in [3.8, 4) is 5.75 Å². The topological polar surface area (TPSA) is 88.2 Å². The molecule has 2 aromatic carbocycles. The van der Waals surface area contributed by atoms with E-state index in [1.54, 1.807) is 12.1 Å². The minimum Gasteiger partial charge on any atom is -0.489 e. The fraction of sp³-hybridized carbons (Fsp3) is 0.400. The fourth-order valence-corrected chi connectivity index (χ4v) is 4.47. The summed E-state index contributed by atoms with van der Waals surface area (Å²) in [6, 6.07) is 12.5. The molecular weight excluding hydrogens is 422 g/mol. The van der Waals surface area contributed by atoms with E-state index >= 15 is 0 Å². The number of nitrogens with zero attached hydrogens (tertiary/aromatic N) is 2. The molecule has 0 spiro atoms. The lowest BCUT2D eigenvalue weighted by Crippen LogP contribution is -2.52. The van der Waals surface area contributed by atoms with Gasteiger partial charge < -0.3 is 14.4 Å². The van der Waals surface area contributed by atoms with Gasteiger partial charge in [-0.3, -0.25) is 24.6 Å². The Morgan fingerprint density at radius 2 is 1.82 bits per heavy atom. The van der Waals surface area contributed by atoms with Crippen LogP contribution in [0.3, 0.4) is 0 Å². The van der Waals surface area contributed by atoms with Crippen LogP contribution in [0.1, 0.15) is 41.3 Å². The highest BCUT2D eigenvalue weighted by atomic mass is 16.5. The summed E-state index contributed by atoms with van der Waals surface area (Å²) in [6.07, 6.45) is 0.551. The number of nitrogens with one attached hydrogen (secondary N) is 1. The van der Waals surface area contributed by atoms with Gasteiger partial charge >= 0.3 is 0 Å². The smallest absolute Gasteiger partial charge is 0.255 e. The summed E-state index contributed by atoms with van der Waals surface area (Å²) < 4.78 is 19.9. The van der Waals surface area contributed by atoms with Crippen LogP contribution in [0.15, 0.2) is 42.5 Å². The number of carbonyl (C=O) groups excluding carboxylic acids is 3. The molecule has 1 N–H and O–H groups in total. The van der Waals surface area contributed by atoms with E-state index in [9.17, 15) is 14.4 Å². The average molecular weight is 451 g/mol. The van der Waals surface area contributed by atoms with Crippen molar-refractivity contribution < 1.29 is 25.2 Å². The number of benzene rings is 2. The van der Waals surface area contributed by atoms with Crippen LogP contribution < -0.4 is 10.1 Å². The van der Waals surface area contributed by atoms with Crippen LogP contribution in [-0.2, 0) is 34.0 Å². The lowest BCUT2D eigenvalue weighted by atomic mass is 10.0. The normalized spacial score (nSPS) is 22.5. The van der Waals surface area contributed by atoms with Gasteiger partial charge in [0.25, 0.3) is 5.91 Å². The molecule has 2 saturated heterocycles. The largest absolute Gasteiger partial charge is 0.489 e. The van der Waals surface area contributed by atoms with Crippen LogP contribution in [-0.4, -0.2) is 59.9 Å². The van der Waals surface area contributed by atoms with Crippen LogP contribution in [0.25, 0.3) is 0 Å². The molecule has 2 unspecified atom stereocenters. The molecule has 0 aliphatic carbocycles. The van der Waals surface area contributed by atoms with Gasteiger partial charge in [-0.1, -0.05) is 30.3 Å². The Balaban J connectivity index is 1.24. The molecule has 0 aromatic heterocycles. The first kappa shape index (κ1) is 20.4. The maximum Gasteiger partial charge on any atom is 0.255 e. The lowest BCUT2D eigenvalue weighted by molar-refractivity contribution is -0.136. The molecule has 3 aliphatic heterocycles. The van der Waals surface area contributed by atoms with Crippen molar-refractivity contribution >= 4 is 17.7 Å². The van der Waals surface area contributed by atoms with Crippen molar-refractivity contribution in [3.63, 3.8) is 0 Å². The first-order valence-electron chi connectivity index (χ1n) is 11.8. The first-order valence-corrected chi connectivity index (χ1v) is 11.2. The lowest BCUT2D eigenvalue weighted by Gasteiger charge is -2.29. The van der Waals surface area contributed by atoms with Crippen LogP contribution in [0.5, 0.6) is 5.75 Å². The van der Waals surface area contributed by atoms with Crippen LogP contribution in [0.4, 0.5) is 0 Å². The van der Waals surface area contributed by atoms with Gasteiger partial charge in [-0.2, -0.15) is 0 Å². The van der Waals surface area contributed by atoms with Gasteiger partial charge in [0, 0.05) is 38.5 Å². The Labute approximate surface area is 193 Å². The van der Waals surface area contributed by atoms with Crippen molar-refractivity contribution in [1.29, 1.82) is 0 Å². The van der Waals surface area contributed by atoms with Gasteiger partial charge in [0.15, 0.2) is 0 Å². The summed E-state index contributed by atoms with van der Waals surface area (Å²) >= 11 is 0. The second-order valence-electron chi connectivity index (χ2n) is 8.49. The minimum atomic E-state index is -0.651. The van der Waals surface area contributed by atoms with Gasteiger partial charge in [-0.05, 0) is 29.7 Å². The Morgan fingerprint density at radius 1 is 1.06 bits per heavy atom. The fourth-order valence-electron chi connectivity index (χ4n) is 4.47. The van der Waals surface area contributed by atoms with E-state index in [0.29, 0.717) is 37.6 Å². The van der Waals surface area contributed by atoms with E-state index in [4.69, 9.17) is 10.8 Å². The van der Waals surface area contributed by atoms with Gasteiger partial charge in [0.1, 0.15) is 18.4 Å². The van der Waals surface area contributed by atoms with Gasteiger partial charge in [0.2, 0.25) is 11.8 Å². The third kappa shape index (κ3) is 4.62. The van der Waals surface area contributed by atoms with E-state index in [-0.39, 0.29) is 24.8 Å². The third-order valence-electron chi connectivity index (χ3n) is 6.29. The van der Waals surface area contributed by atoms with Crippen molar-refractivity contribution in [2.75, 3.05) is 26.3 Å². The maximum absolute atomic E-state index is 13.0. The number of piperidine rings is 1. The van der Waals surface area contributed by atoms with Crippen LogP contribution >= 0.6 is 0 Å². The number of ether oxygens (including phenoxy) is 2. The molecule has 0 bridgehead atoms. The maximum atomic E-state index is 13.0. The number of hydrogen-bond acceptors (Lipinski definition) is 6. The van der Waals surface area contributed by atoms with E-state index in [1.807, 2.05) is 30.3 Å². The number of morpholine rings is 1. The number of fused-ring (bicyclic) bond motifs is 1. The molecule has 3 aliphatic rings. The standard InChI is InChI=1S/C25H27N3O5/c29-23-9-8-21(24(30)26-23)28-15-20-19(25(28)31)2-1-3-22(20)33-16-18-6-4-17(5-7-18)14-27-10-12-32-13-11-27/h1-7,21H,8-16H2,(H,26,29,30)/i14D. The number of carbonyl (C=O) groups is 3. The predicted octanol–water partition coefficient (Wildman–Crippen LogP) is 1.86. The Hall–Kier alpha value is -3.23. The molecule has 5 rings (SSSR count). The molecule has 2 fully saturated rings. The third-order valence-corrected chi connectivity index (χ3v) is 6.29. The zero-order valence-electron chi connectivity index (χ0n) is 19.3. The Kier molecular flexibility index (Phi) is 5.76. The van der Waals surface area contributed by atoms with Crippen molar-refractivity contribution in [2.45, 2.75) is 38.6 Å². The summed E-state index contributed by atoms with van der Waals surface area (Å²) in [4.78, 5) is 40.3. The molecule has 3 amide bonds. The second kappa shape index (κ2) is 9.33. The van der Waals surface area contributed by atoms with E-state index in [2.05, 4.69) is 10.2 Å². The highest BCUT2D eigenvalue weighted by molar-refractivity contribution is 6.05. The number of rotatable bonds is 6. The molecule has 172 valence electrons. The second-order valence-corrected chi connectivity index (χ2v) is 8.49. The molecule has 3 heterocycles. The first-order chi connectivity index (χ1) is 16.5. The molecule has 33 heavy (non-hydrogen) atoms. The minimum absolute atomic E-state index is 0.219. The van der Waals surface area contributed by atoms with Crippen LogP contribution in [0, 0.1) is 0 Å². The Morgan fingerprint density at radius 3 is 2.58 bits per heavy atom. The highest BCUT2D eigenvalue weighted by Gasteiger charge is 2.40. The van der Waals surface area contributed by atoms with Gasteiger partial charge in [-0.25, -0.2) is 0 Å². The molecule has 2 aromatic rings. The SMILES string of the molecule is [2H]C(c1ccc(COc2cccc3c2CN(C2CCC(=O)NC2=O)C3=O)cc1)N1CCOCC1. The number of amides is 3. The summed E-state index contributed by atoms with van der Waals surface area (Å²) in [5.41, 5.74) is 3.17. The van der Waals surface area contributed by atoms with E-state index < -0.39 is 18.5 Å². The molecule has 2 atom stereocenters. The predicted molar refractivity (Wildman–Crippen MR) is 119 cm³/mol. The zero-order chi connectivity index (χ0) is 23.7.